The third kappa shape index (κ3) is 2.61. The number of anilines is 1. The quantitative estimate of drug-likeness (QED) is 0.841. The summed E-state index contributed by atoms with van der Waals surface area (Å²) >= 11 is 0. The highest BCUT2D eigenvalue weighted by Crippen LogP contribution is 2.40. The highest BCUT2D eigenvalue weighted by Gasteiger charge is 2.37. The van der Waals surface area contributed by atoms with Gasteiger partial charge in [0.1, 0.15) is 10.6 Å². The molecule has 5 heteroatoms. The number of benzene rings is 2. The lowest BCUT2D eigenvalue weighted by Crippen LogP contribution is -2.36. The average molecular weight is 357 g/mol. The smallest absolute Gasteiger partial charge is 0.268 e. The molecule has 0 saturated heterocycles. The maximum absolute atomic E-state index is 13.5. The molecule has 0 radical (unpaired) electrons. The fourth-order valence-corrected chi connectivity index (χ4v) is 6.00. The number of hydrogen-bond acceptors (Lipinski definition) is 3. The molecule has 4 rings (SSSR count). The molecule has 1 heterocycles. The number of rotatable bonds is 3. The van der Waals surface area contributed by atoms with Gasteiger partial charge in [-0.25, -0.2) is 8.42 Å². The molecule has 0 unspecified atom stereocenters. The number of fused-ring (bicyclic) bond motifs is 2. The summed E-state index contributed by atoms with van der Waals surface area (Å²) in [6, 6.07) is 11.4. The Morgan fingerprint density at radius 2 is 1.72 bits per heavy atom. The number of ether oxygens (including phenoxy) is 1. The Labute approximate surface area is 149 Å². The summed E-state index contributed by atoms with van der Waals surface area (Å²) in [7, 11) is -2.12. The lowest BCUT2D eigenvalue weighted by molar-refractivity contribution is 0.401. The second-order valence-corrected chi connectivity index (χ2v) is 8.74. The molecule has 2 aliphatic rings. The van der Waals surface area contributed by atoms with Crippen LogP contribution >= 0.6 is 0 Å². The van der Waals surface area contributed by atoms with Crippen LogP contribution in [-0.4, -0.2) is 21.6 Å². The number of methoxy groups -OCH3 is 1. The maximum atomic E-state index is 13.5. The molecule has 25 heavy (non-hydrogen) atoms. The Morgan fingerprint density at radius 1 is 1.04 bits per heavy atom. The summed E-state index contributed by atoms with van der Waals surface area (Å²) in [5.74, 6) is 0.456. The molecule has 0 saturated carbocycles. The molecule has 0 fully saturated rings. The SMILES string of the molecule is COc1cc2c(cc1S(=O)(=O)N1c3ccccc3C[C@@H]1C)CCCC2. The van der Waals surface area contributed by atoms with Gasteiger partial charge in [-0.15, -0.1) is 0 Å². The first kappa shape index (κ1) is 16.5. The Kier molecular flexibility index (Phi) is 3.99. The van der Waals surface area contributed by atoms with Crippen LogP contribution in [0, 0.1) is 0 Å². The van der Waals surface area contributed by atoms with Crippen molar-refractivity contribution in [3.05, 3.63) is 53.1 Å². The summed E-state index contributed by atoms with van der Waals surface area (Å²) in [5.41, 5.74) is 4.23. The molecule has 1 atom stereocenters. The van der Waals surface area contributed by atoms with E-state index in [1.54, 1.807) is 11.4 Å². The van der Waals surface area contributed by atoms with Crippen molar-refractivity contribution in [1.29, 1.82) is 0 Å². The molecule has 2 aromatic rings. The lowest BCUT2D eigenvalue weighted by Gasteiger charge is -2.27. The predicted octanol–water partition coefficient (Wildman–Crippen LogP) is 3.71. The molecule has 0 spiro atoms. The van der Waals surface area contributed by atoms with Crippen molar-refractivity contribution in [2.24, 2.45) is 0 Å². The molecule has 2 aromatic carbocycles. The highest BCUT2D eigenvalue weighted by molar-refractivity contribution is 7.93. The molecule has 0 aromatic heterocycles. The van der Waals surface area contributed by atoms with E-state index in [1.807, 2.05) is 43.3 Å². The van der Waals surface area contributed by atoms with E-state index in [9.17, 15) is 8.42 Å². The van der Waals surface area contributed by atoms with Crippen molar-refractivity contribution in [2.75, 3.05) is 11.4 Å². The van der Waals surface area contributed by atoms with Crippen LogP contribution in [-0.2, 0) is 29.3 Å². The normalized spacial score (nSPS) is 19.4. The van der Waals surface area contributed by atoms with Gasteiger partial charge >= 0.3 is 0 Å². The summed E-state index contributed by atoms with van der Waals surface area (Å²) in [6.45, 7) is 1.96. The monoisotopic (exact) mass is 357 g/mol. The van der Waals surface area contributed by atoms with E-state index in [0.29, 0.717) is 10.6 Å². The molecule has 0 amide bonds. The lowest BCUT2D eigenvalue weighted by atomic mass is 9.92. The van der Waals surface area contributed by atoms with Crippen LogP contribution in [0.3, 0.4) is 0 Å². The molecule has 0 bridgehead atoms. The largest absolute Gasteiger partial charge is 0.495 e. The van der Waals surface area contributed by atoms with Crippen LogP contribution in [0.1, 0.15) is 36.5 Å². The van der Waals surface area contributed by atoms with Gasteiger partial charge in [0.15, 0.2) is 0 Å². The first-order valence-electron chi connectivity index (χ1n) is 8.84. The van der Waals surface area contributed by atoms with Crippen molar-refractivity contribution in [1.82, 2.24) is 0 Å². The molecular formula is C20H23NO3S. The average Bonchev–Trinajstić information content (AvgIpc) is 2.96. The van der Waals surface area contributed by atoms with Gasteiger partial charge in [-0.3, -0.25) is 4.31 Å². The van der Waals surface area contributed by atoms with Gasteiger partial charge in [0.2, 0.25) is 0 Å². The topological polar surface area (TPSA) is 46.6 Å². The molecule has 0 N–H and O–H groups in total. The zero-order valence-electron chi connectivity index (χ0n) is 14.7. The van der Waals surface area contributed by atoms with Gasteiger partial charge in [0, 0.05) is 6.04 Å². The minimum Gasteiger partial charge on any atom is -0.495 e. The van der Waals surface area contributed by atoms with E-state index in [-0.39, 0.29) is 6.04 Å². The third-order valence-corrected chi connectivity index (χ3v) is 7.26. The van der Waals surface area contributed by atoms with E-state index >= 15 is 0 Å². The minimum atomic E-state index is -3.67. The molecule has 4 nitrogen and oxygen atoms in total. The summed E-state index contributed by atoms with van der Waals surface area (Å²) in [6.07, 6.45) is 4.94. The maximum Gasteiger partial charge on any atom is 0.268 e. The predicted molar refractivity (Wildman–Crippen MR) is 98.9 cm³/mol. The van der Waals surface area contributed by atoms with Crippen molar-refractivity contribution < 1.29 is 13.2 Å². The van der Waals surface area contributed by atoms with Gasteiger partial charge in [0.05, 0.1) is 12.8 Å². The summed E-state index contributed by atoms with van der Waals surface area (Å²) in [5, 5.41) is 0. The second kappa shape index (κ2) is 6.06. The Bertz CT molecular complexity index is 921. The molecule has 1 aliphatic heterocycles. The van der Waals surface area contributed by atoms with Gasteiger partial charge < -0.3 is 4.74 Å². The van der Waals surface area contributed by atoms with Crippen LogP contribution in [0.25, 0.3) is 0 Å². The molecule has 1 aliphatic carbocycles. The zero-order chi connectivity index (χ0) is 17.6. The Balaban J connectivity index is 1.86. The number of hydrogen-bond donors (Lipinski definition) is 0. The minimum absolute atomic E-state index is 0.0943. The van der Waals surface area contributed by atoms with Gasteiger partial charge in [0.25, 0.3) is 10.0 Å². The fourth-order valence-electron chi connectivity index (χ4n) is 4.11. The van der Waals surface area contributed by atoms with Crippen molar-refractivity contribution in [3.63, 3.8) is 0 Å². The third-order valence-electron chi connectivity index (χ3n) is 5.31. The first-order valence-corrected chi connectivity index (χ1v) is 10.3. The van der Waals surface area contributed by atoms with E-state index in [1.165, 1.54) is 5.56 Å². The van der Waals surface area contributed by atoms with Crippen LogP contribution in [0.15, 0.2) is 41.3 Å². The Morgan fingerprint density at radius 3 is 2.44 bits per heavy atom. The van der Waals surface area contributed by atoms with Crippen LogP contribution in [0.2, 0.25) is 0 Å². The van der Waals surface area contributed by atoms with E-state index < -0.39 is 10.0 Å². The van der Waals surface area contributed by atoms with E-state index in [2.05, 4.69) is 0 Å². The molecule has 132 valence electrons. The van der Waals surface area contributed by atoms with Crippen LogP contribution in [0.4, 0.5) is 5.69 Å². The van der Waals surface area contributed by atoms with Crippen molar-refractivity contribution in [2.45, 2.75) is 50.0 Å². The molecular weight excluding hydrogens is 334 g/mol. The number of sulfonamides is 1. The Hall–Kier alpha value is -2.01. The van der Waals surface area contributed by atoms with E-state index in [4.69, 9.17) is 4.74 Å². The first-order chi connectivity index (χ1) is 12.0. The standard InChI is InChI=1S/C20H23NO3S/c1-14-11-17-9-5-6-10-18(17)21(14)25(22,23)20-13-16-8-4-3-7-15(16)12-19(20)24-2/h5-6,9-10,12-14H,3-4,7-8,11H2,1-2H3/t14-/m0/s1. The van der Waals surface area contributed by atoms with Gasteiger partial charge in [-0.05, 0) is 73.9 Å². The summed E-state index contributed by atoms with van der Waals surface area (Å²) in [4.78, 5) is 0.291. The van der Waals surface area contributed by atoms with Crippen LogP contribution in [0.5, 0.6) is 5.75 Å². The highest BCUT2D eigenvalue weighted by atomic mass is 32.2. The van der Waals surface area contributed by atoms with Crippen LogP contribution < -0.4 is 9.04 Å². The van der Waals surface area contributed by atoms with Gasteiger partial charge in [-0.1, -0.05) is 18.2 Å². The fraction of sp³-hybridized carbons (Fsp3) is 0.400. The number of nitrogens with zero attached hydrogens (tertiary/aromatic N) is 1. The number of para-hydroxylation sites is 1. The number of aryl methyl sites for hydroxylation is 2. The van der Waals surface area contributed by atoms with Crippen molar-refractivity contribution in [3.8, 4) is 5.75 Å². The van der Waals surface area contributed by atoms with Gasteiger partial charge in [-0.2, -0.15) is 0 Å². The second-order valence-electron chi connectivity index (χ2n) is 6.96. The van der Waals surface area contributed by atoms with E-state index in [0.717, 1.165) is 48.9 Å². The van der Waals surface area contributed by atoms with Crippen molar-refractivity contribution >= 4 is 15.7 Å². The summed E-state index contributed by atoms with van der Waals surface area (Å²) < 4.78 is 34.1. The zero-order valence-corrected chi connectivity index (χ0v) is 15.5.